The fraction of sp³-hybridized carbons (Fsp3) is 0.500. The molecule has 2 rings (SSSR count). The predicted octanol–water partition coefficient (Wildman–Crippen LogP) is 2.60. The van der Waals surface area contributed by atoms with Crippen LogP contribution in [-0.2, 0) is 14.3 Å². The van der Waals surface area contributed by atoms with E-state index in [0.29, 0.717) is 19.0 Å². The highest BCUT2D eigenvalue weighted by molar-refractivity contribution is 9.10. The topological polar surface area (TPSA) is 58.6 Å². The Kier molecular flexibility index (Phi) is 6.92. The number of esters is 1. The van der Waals surface area contributed by atoms with Crippen molar-refractivity contribution in [2.75, 3.05) is 33.0 Å². The molecule has 0 saturated carbocycles. The minimum atomic E-state index is -0.435. The fourth-order valence-electron chi connectivity index (χ4n) is 2.57. The van der Waals surface area contributed by atoms with Gasteiger partial charge >= 0.3 is 5.97 Å². The highest BCUT2D eigenvalue weighted by atomic mass is 79.9. The van der Waals surface area contributed by atoms with Crippen molar-refractivity contribution in [3.05, 3.63) is 28.2 Å². The molecular weight excluding hydrogens is 380 g/mol. The van der Waals surface area contributed by atoms with Crippen LogP contribution in [0.15, 0.2) is 27.6 Å². The van der Waals surface area contributed by atoms with E-state index in [1.54, 1.807) is 0 Å². The summed E-state index contributed by atoms with van der Waals surface area (Å²) >= 11 is 5.41. The SMILES string of the molecule is COC(=O)CNC(=O)CCN(C)C1CCSc2ccc(Br)cc21. The third kappa shape index (κ3) is 5.22. The zero-order valence-corrected chi connectivity index (χ0v) is 15.7. The van der Waals surface area contributed by atoms with Crippen molar-refractivity contribution in [1.29, 1.82) is 0 Å². The summed E-state index contributed by atoms with van der Waals surface area (Å²) < 4.78 is 5.58. The Morgan fingerprint density at radius 1 is 1.48 bits per heavy atom. The second-order valence-corrected chi connectivity index (χ2v) is 7.47. The number of ether oxygens (including phenoxy) is 1. The average molecular weight is 401 g/mol. The van der Waals surface area contributed by atoms with Gasteiger partial charge in [-0.25, -0.2) is 0 Å². The van der Waals surface area contributed by atoms with Crippen molar-refractivity contribution in [3.63, 3.8) is 0 Å². The number of fused-ring (bicyclic) bond motifs is 1. The van der Waals surface area contributed by atoms with Gasteiger partial charge in [-0.3, -0.25) is 14.5 Å². The molecule has 7 heteroatoms. The first-order valence-corrected chi connectivity index (χ1v) is 9.25. The number of hydrogen-bond donors (Lipinski definition) is 1. The van der Waals surface area contributed by atoms with E-state index in [1.165, 1.54) is 17.6 Å². The number of benzene rings is 1. The number of halogens is 1. The van der Waals surface area contributed by atoms with E-state index in [9.17, 15) is 9.59 Å². The standard InChI is InChI=1S/C16H21BrN2O3S/c1-19(7-5-15(20)18-10-16(21)22-2)13-6-8-23-14-4-3-11(17)9-12(13)14/h3-4,9,13H,5-8,10H2,1-2H3,(H,18,20). The lowest BCUT2D eigenvalue weighted by molar-refractivity contribution is -0.141. The molecule has 0 bridgehead atoms. The molecule has 1 N–H and O–H groups in total. The van der Waals surface area contributed by atoms with E-state index in [2.05, 4.69) is 49.1 Å². The van der Waals surface area contributed by atoms with E-state index in [1.807, 2.05) is 18.8 Å². The first-order valence-electron chi connectivity index (χ1n) is 7.47. The molecule has 0 fully saturated rings. The zero-order chi connectivity index (χ0) is 16.8. The lowest BCUT2D eigenvalue weighted by atomic mass is 10.0. The van der Waals surface area contributed by atoms with Crippen molar-refractivity contribution in [2.45, 2.75) is 23.8 Å². The van der Waals surface area contributed by atoms with Crippen LogP contribution >= 0.6 is 27.7 Å². The second-order valence-electron chi connectivity index (χ2n) is 5.42. The smallest absolute Gasteiger partial charge is 0.325 e. The van der Waals surface area contributed by atoms with Crippen molar-refractivity contribution in [2.24, 2.45) is 0 Å². The van der Waals surface area contributed by atoms with Gasteiger partial charge in [-0.05, 0) is 43.0 Å². The molecule has 1 aromatic rings. The lowest BCUT2D eigenvalue weighted by Gasteiger charge is -2.33. The summed E-state index contributed by atoms with van der Waals surface area (Å²) in [5, 5.41) is 2.57. The van der Waals surface area contributed by atoms with Crippen LogP contribution in [0, 0.1) is 0 Å². The van der Waals surface area contributed by atoms with Gasteiger partial charge < -0.3 is 10.1 Å². The quantitative estimate of drug-likeness (QED) is 0.743. The van der Waals surface area contributed by atoms with E-state index in [4.69, 9.17) is 0 Å². The molecule has 1 aliphatic heterocycles. The molecule has 0 spiro atoms. The highest BCUT2D eigenvalue weighted by Gasteiger charge is 2.24. The molecule has 0 saturated heterocycles. The molecule has 1 atom stereocenters. The molecule has 1 aromatic carbocycles. The van der Waals surface area contributed by atoms with Gasteiger partial charge in [-0.1, -0.05) is 15.9 Å². The Bertz CT molecular complexity index is 582. The van der Waals surface area contributed by atoms with Gasteiger partial charge in [0.1, 0.15) is 6.54 Å². The van der Waals surface area contributed by atoms with Crippen molar-refractivity contribution < 1.29 is 14.3 Å². The summed E-state index contributed by atoms with van der Waals surface area (Å²) in [4.78, 5) is 26.3. The van der Waals surface area contributed by atoms with Crippen LogP contribution in [0.2, 0.25) is 0 Å². The van der Waals surface area contributed by atoms with Crippen molar-refractivity contribution >= 4 is 39.6 Å². The molecule has 126 valence electrons. The number of carbonyl (C=O) groups excluding carboxylic acids is 2. The Labute approximate surface area is 149 Å². The van der Waals surface area contributed by atoms with Crippen LogP contribution in [0.4, 0.5) is 0 Å². The Morgan fingerprint density at radius 2 is 2.26 bits per heavy atom. The number of carbonyl (C=O) groups is 2. The van der Waals surface area contributed by atoms with Crippen LogP contribution in [-0.4, -0.2) is 49.8 Å². The molecular formula is C16H21BrN2O3S. The number of rotatable bonds is 6. The van der Waals surface area contributed by atoms with Crippen molar-refractivity contribution in [1.82, 2.24) is 10.2 Å². The largest absolute Gasteiger partial charge is 0.468 e. The number of hydrogen-bond acceptors (Lipinski definition) is 5. The molecule has 5 nitrogen and oxygen atoms in total. The monoisotopic (exact) mass is 400 g/mol. The maximum atomic E-state index is 11.8. The molecule has 1 amide bonds. The van der Waals surface area contributed by atoms with Gasteiger partial charge in [0.2, 0.25) is 5.91 Å². The Hall–Kier alpha value is -1.05. The summed E-state index contributed by atoms with van der Waals surface area (Å²) in [7, 11) is 3.35. The first-order chi connectivity index (χ1) is 11.0. The highest BCUT2D eigenvalue weighted by Crippen LogP contribution is 2.40. The lowest BCUT2D eigenvalue weighted by Crippen LogP contribution is -2.34. The molecule has 23 heavy (non-hydrogen) atoms. The number of methoxy groups -OCH3 is 1. The van der Waals surface area contributed by atoms with E-state index in [0.717, 1.165) is 16.6 Å². The minimum Gasteiger partial charge on any atom is -0.468 e. The number of thioether (sulfide) groups is 1. The van der Waals surface area contributed by atoms with Gasteiger partial charge in [0, 0.05) is 28.4 Å². The second kappa shape index (κ2) is 8.70. The van der Waals surface area contributed by atoms with Gasteiger partial charge in [-0.15, -0.1) is 11.8 Å². The molecule has 1 aliphatic rings. The Morgan fingerprint density at radius 3 is 3.00 bits per heavy atom. The van der Waals surface area contributed by atoms with E-state index in [-0.39, 0.29) is 12.5 Å². The average Bonchev–Trinajstić information content (AvgIpc) is 2.56. The molecule has 0 aromatic heterocycles. The summed E-state index contributed by atoms with van der Waals surface area (Å²) in [6.45, 7) is 0.573. The van der Waals surface area contributed by atoms with Crippen molar-refractivity contribution in [3.8, 4) is 0 Å². The summed E-state index contributed by atoms with van der Waals surface area (Å²) in [5.74, 6) is 0.509. The molecule has 1 unspecified atom stereocenters. The number of amides is 1. The van der Waals surface area contributed by atoms with Crippen LogP contribution in [0.25, 0.3) is 0 Å². The van der Waals surface area contributed by atoms with Gasteiger partial charge in [0.15, 0.2) is 0 Å². The van der Waals surface area contributed by atoms with E-state index < -0.39 is 5.97 Å². The van der Waals surface area contributed by atoms with Gasteiger partial charge in [0.05, 0.1) is 7.11 Å². The van der Waals surface area contributed by atoms with Crippen LogP contribution in [0.3, 0.4) is 0 Å². The Balaban J connectivity index is 1.89. The minimum absolute atomic E-state index is 0.0745. The summed E-state index contributed by atoms with van der Waals surface area (Å²) in [6.07, 6.45) is 1.43. The molecule has 1 heterocycles. The summed E-state index contributed by atoms with van der Waals surface area (Å²) in [5.41, 5.74) is 1.31. The van der Waals surface area contributed by atoms with Crippen LogP contribution < -0.4 is 5.32 Å². The molecule has 0 radical (unpaired) electrons. The third-order valence-electron chi connectivity index (χ3n) is 3.86. The molecule has 0 aliphatic carbocycles. The first kappa shape index (κ1) is 18.3. The van der Waals surface area contributed by atoms with E-state index >= 15 is 0 Å². The van der Waals surface area contributed by atoms with Gasteiger partial charge in [-0.2, -0.15) is 0 Å². The summed E-state index contributed by atoms with van der Waals surface area (Å²) in [6, 6.07) is 6.69. The predicted molar refractivity (Wildman–Crippen MR) is 94.5 cm³/mol. The van der Waals surface area contributed by atoms with Crippen LogP contribution in [0.1, 0.15) is 24.4 Å². The number of nitrogens with one attached hydrogen (secondary N) is 1. The maximum Gasteiger partial charge on any atom is 0.325 e. The normalized spacial score (nSPS) is 16.8. The number of nitrogens with zero attached hydrogens (tertiary/aromatic N) is 1. The zero-order valence-electron chi connectivity index (χ0n) is 13.3. The van der Waals surface area contributed by atoms with Gasteiger partial charge in [0.25, 0.3) is 0 Å². The fourth-order valence-corrected chi connectivity index (χ4v) is 4.04. The third-order valence-corrected chi connectivity index (χ3v) is 5.48. The van der Waals surface area contributed by atoms with Crippen LogP contribution in [0.5, 0.6) is 0 Å². The maximum absolute atomic E-state index is 11.8.